The summed E-state index contributed by atoms with van der Waals surface area (Å²) in [4.78, 5) is 23.6. The van der Waals surface area contributed by atoms with Gasteiger partial charge in [-0.3, -0.25) is 9.59 Å². The third kappa shape index (κ3) is 5.75. The molecular weight excluding hydrogens is 382 g/mol. The van der Waals surface area contributed by atoms with Crippen molar-refractivity contribution in [2.45, 2.75) is 6.92 Å². The van der Waals surface area contributed by atoms with Gasteiger partial charge in [0.1, 0.15) is 0 Å². The Morgan fingerprint density at radius 1 is 0.867 bits per heavy atom. The van der Waals surface area contributed by atoms with Gasteiger partial charge in [-0.2, -0.15) is 10.2 Å². The molecule has 0 saturated carbocycles. The van der Waals surface area contributed by atoms with Gasteiger partial charge >= 0.3 is 0 Å². The van der Waals surface area contributed by atoms with Gasteiger partial charge in [0.05, 0.1) is 18.5 Å². The molecule has 7 nitrogen and oxygen atoms in total. The number of rotatable bonds is 8. The van der Waals surface area contributed by atoms with Crippen LogP contribution in [0.25, 0.3) is 0 Å². The molecule has 0 saturated heterocycles. The fourth-order valence-corrected chi connectivity index (χ4v) is 2.57. The van der Waals surface area contributed by atoms with Crippen LogP contribution in [0.1, 0.15) is 17.3 Å². The van der Waals surface area contributed by atoms with Crippen LogP contribution in [0.4, 0.5) is 17.1 Å². The van der Waals surface area contributed by atoms with E-state index >= 15 is 0 Å². The maximum atomic E-state index is 12.2. The van der Waals surface area contributed by atoms with Crippen molar-refractivity contribution >= 4 is 28.8 Å². The second kappa shape index (κ2) is 9.97. The molecule has 152 valence electrons. The van der Waals surface area contributed by atoms with Gasteiger partial charge in [-0.1, -0.05) is 18.2 Å². The maximum Gasteiger partial charge on any atom is 0.262 e. The SMILES string of the molecule is COc1cc(C(C)=O)ccc1OCC(=O)Nc1ccc(N=Nc2ccccc2)cc1. The highest BCUT2D eigenvalue weighted by molar-refractivity contribution is 5.95. The Morgan fingerprint density at radius 2 is 1.53 bits per heavy atom. The zero-order chi connectivity index (χ0) is 21.3. The molecule has 0 atom stereocenters. The molecule has 3 aromatic rings. The highest BCUT2D eigenvalue weighted by atomic mass is 16.5. The summed E-state index contributed by atoms with van der Waals surface area (Å²) in [5.41, 5.74) is 2.55. The van der Waals surface area contributed by atoms with E-state index in [-0.39, 0.29) is 18.3 Å². The Balaban J connectivity index is 1.55. The van der Waals surface area contributed by atoms with Crippen molar-refractivity contribution in [3.05, 3.63) is 78.4 Å². The quantitative estimate of drug-likeness (QED) is 0.407. The van der Waals surface area contributed by atoms with Crippen molar-refractivity contribution in [2.24, 2.45) is 10.2 Å². The maximum absolute atomic E-state index is 12.2. The number of nitrogens with zero attached hydrogens (tertiary/aromatic N) is 2. The number of carbonyl (C=O) groups excluding carboxylic acids is 2. The number of carbonyl (C=O) groups is 2. The zero-order valence-electron chi connectivity index (χ0n) is 16.7. The molecule has 0 aliphatic rings. The van der Waals surface area contributed by atoms with E-state index in [0.29, 0.717) is 28.4 Å². The molecule has 0 bridgehead atoms. The topological polar surface area (TPSA) is 89.3 Å². The van der Waals surface area contributed by atoms with Crippen LogP contribution in [-0.4, -0.2) is 25.4 Å². The van der Waals surface area contributed by atoms with Gasteiger partial charge in [-0.15, -0.1) is 0 Å². The molecule has 7 heteroatoms. The summed E-state index contributed by atoms with van der Waals surface area (Å²) in [5.74, 6) is 0.369. The van der Waals surface area contributed by atoms with E-state index < -0.39 is 0 Å². The smallest absolute Gasteiger partial charge is 0.262 e. The van der Waals surface area contributed by atoms with Crippen LogP contribution in [0.15, 0.2) is 83.0 Å². The highest BCUT2D eigenvalue weighted by Gasteiger charge is 2.10. The second-order valence-electron chi connectivity index (χ2n) is 6.34. The Bertz CT molecular complexity index is 1050. The fraction of sp³-hybridized carbons (Fsp3) is 0.130. The van der Waals surface area contributed by atoms with Crippen LogP contribution >= 0.6 is 0 Å². The first-order valence-corrected chi connectivity index (χ1v) is 9.23. The monoisotopic (exact) mass is 403 g/mol. The third-order valence-electron chi connectivity index (χ3n) is 4.12. The van der Waals surface area contributed by atoms with Gasteiger partial charge in [0.15, 0.2) is 23.9 Å². The Kier molecular flexibility index (Phi) is 6.89. The van der Waals surface area contributed by atoms with E-state index in [9.17, 15) is 9.59 Å². The average Bonchev–Trinajstić information content (AvgIpc) is 2.77. The number of ether oxygens (including phenoxy) is 2. The summed E-state index contributed by atoms with van der Waals surface area (Å²) >= 11 is 0. The zero-order valence-corrected chi connectivity index (χ0v) is 16.7. The molecule has 0 aliphatic heterocycles. The number of amides is 1. The first-order chi connectivity index (χ1) is 14.5. The lowest BCUT2D eigenvalue weighted by Gasteiger charge is -2.11. The van der Waals surface area contributed by atoms with E-state index in [0.717, 1.165) is 5.69 Å². The van der Waals surface area contributed by atoms with Gasteiger partial charge in [0.2, 0.25) is 0 Å². The minimum absolute atomic E-state index is 0.0793. The fourth-order valence-electron chi connectivity index (χ4n) is 2.57. The Morgan fingerprint density at radius 3 is 2.17 bits per heavy atom. The molecule has 1 N–H and O–H groups in total. The molecule has 3 rings (SSSR count). The molecule has 0 radical (unpaired) electrons. The van der Waals surface area contributed by atoms with Gasteiger partial charge in [-0.25, -0.2) is 0 Å². The van der Waals surface area contributed by atoms with Crippen LogP contribution in [-0.2, 0) is 4.79 Å². The number of nitrogens with one attached hydrogen (secondary N) is 1. The summed E-state index contributed by atoms with van der Waals surface area (Å²) in [6, 6.07) is 21.2. The van der Waals surface area contributed by atoms with Crippen molar-refractivity contribution in [1.82, 2.24) is 0 Å². The summed E-state index contributed by atoms with van der Waals surface area (Å²) in [5, 5.41) is 11.1. The van der Waals surface area contributed by atoms with Crippen molar-refractivity contribution in [2.75, 3.05) is 19.0 Å². The number of ketones is 1. The number of anilines is 1. The molecule has 0 aliphatic carbocycles. The largest absolute Gasteiger partial charge is 0.493 e. The summed E-state index contributed by atoms with van der Waals surface area (Å²) in [7, 11) is 1.48. The standard InChI is InChI=1S/C23H21N3O4/c1-16(27)17-8-13-21(22(14-17)29-2)30-15-23(28)24-18-9-11-20(12-10-18)26-25-19-6-4-3-5-7-19/h3-14H,15H2,1-2H3,(H,24,28). The number of benzene rings is 3. The number of hydrogen-bond donors (Lipinski definition) is 1. The number of hydrogen-bond acceptors (Lipinski definition) is 6. The first kappa shape index (κ1) is 20.7. The molecule has 0 spiro atoms. The summed E-state index contributed by atoms with van der Waals surface area (Å²) < 4.78 is 10.8. The molecular formula is C23H21N3O4. The van der Waals surface area contributed by atoms with Crippen molar-refractivity contribution in [3.8, 4) is 11.5 Å². The van der Waals surface area contributed by atoms with Crippen LogP contribution in [0.2, 0.25) is 0 Å². The van der Waals surface area contributed by atoms with Crippen LogP contribution in [0.5, 0.6) is 11.5 Å². The van der Waals surface area contributed by atoms with Crippen molar-refractivity contribution in [3.63, 3.8) is 0 Å². The predicted octanol–water partition coefficient (Wildman–Crippen LogP) is 5.33. The van der Waals surface area contributed by atoms with Crippen molar-refractivity contribution in [1.29, 1.82) is 0 Å². The molecule has 3 aromatic carbocycles. The van der Waals surface area contributed by atoms with Gasteiger partial charge < -0.3 is 14.8 Å². The van der Waals surface area contributed by atoms with E-state index in [1.807, 2.05) is 30.3 Å². The van der Waals surface area contributed by atoms with Crippen molar-refractivity contribution < 1.29 is 19.1 Å². The van der Waals surface area contributed by atoms with Crippen LogP contribution in [0, 0.1) is 0 Å². The number of Topliss-reactive ketones (excluding diaryl/α,β-unsaturated/α-hetero) is 1. The summed E-state index contributed by atoms with van der Waals surface area (Å²) in [6.07, 6.45) is 0. The van der Waals surface area contributed by atoms with Gasteiger partial charge in [0.25, 0.3) is 5.91 Å². The molecule has 30 heavy (non-hydrogen) atoms. The van der Waals surface area contributed by atoms with E-state index in [1.165, 1.54) is 14.0 Å². The Hall–Kier alpha value is -4.00. The van der Waals surface area contributed by atoms with Gasteiger partial charge in [-0.05, 0) is 61.5 Å². The normalized spacial score (nSPS) is 10.6. The first-order valence-electron chi connectivity index (χ1n) is 9.23. The number of methoxy groups -OCH3 is 1. The molecule has 0 fully saturated rings. The highest BCUT2D eigenvalue weighted by Crippen LogP contribution is 2.28. The Labute approximate surface area is 174 Å². The summed E-state index contributed by atoms with van der Waals surface area (Å²) in [6.45, 7) is 1.27. The van der Waals surface area contributed by atoms with E-state index in [1.54, 1.807) is 42.5 Å². The molecule has 0 heterocycles. The van der Waals surface area contributed by atoms with E-state index in [4.69, 9.17) is 9.47 Å². The minimum atomic E-state index is -0.327. The molecule has 0 aromatic heterocycles. The van der Waals surface area contributed by atoms with E-state index in [2.05, 4.69) is 15.5 Å². The lowest BCUT2D eigenvalue weighted by Crippen LogP contribution is -2.20. The van der Waals surface area contributed by atoms with Crippen LogP contribution in [0.3, 0.4) is 0 Å². The van der Waals surface area contributed by atoms with Crippen LogP contribution < -0.4 is 14.8 Å². The number of azo groups is 1. The molecule has 1 amide bonds. The average molecular weight is 403 g/mol. The lowest BCUT2D eigenvalue weighted by molar-refractivity contribution is -0.118. The lowest BCUT2D eigenvalue weighted by atomic mass is 10.1. The predicted molar refractivity (Wildman–Crippen MR) is 114 cm³/mol. The molecule has 0 unspecified atom stereocenters. The third-order valence-corrected chi connectivity index (χ3v) is 4.12. The second-order valence-corrected chi connectivity index (χ2v) is 6.34. The minimum Gasteiger partial charge on any atom is -0.493 e. The van der Waals surface area contributed by atoms with Gasteiger partial charge in [0, 0.05) is 11.3 Å².